The molecule has 0 aliphatic heterocycles. The van der Waals surface area contributed by atoms with Crippen LogP contribution in [0.2, 0.25) is 0 Å². The number of rotatable bonds is 4. The molecular formula is C22H20N2. The van der Waals surface area contributed by atoms with Crippen molar-refractivity contribution in [1.82, 2.24) is 4.98 Å². The average Bonchev–Trinajstić information content (AvgIpc) is 3.04. The molecule has 0 saturated heterocycles. The van der Waals surface area contributed by atoms with Crippen molar-refractivity contribution >= 4 is 10.9 Å². The highest BCUT2D eigenvalue weighted by Crippen LogP contribution is 2.38. The van der Waals surface area contributed by atoms with E-state index >= 15 is 0 Å². The molecule has 1 aromatic heterocycles. The summed E-state index contributed by atoms with van der Waals surface area (Å²) in [4.78, 5) is 3.61. The standard InChI is InChI=1S/C22H20N2/c23-15-19(16-9-3-1-4-10-16)21-18-13-7-8-14-20(18)24-22(21)17-11-5-2-6-12-17/h1-14,19,24H,15,23H2. The van der Waals surface area contributed by atoms with Crippen molar-refractivity contribution in [3.63, 3.8) is 0 Å². The van der Waals surface area contributed by atoms with E-state index in [-0.39, 0.29) is 5.92 Å². The number of H-pyrrole nitrogens is 1. The molecule has 1 heterocycles. The summed E-state index contributed by atoms with van der Waals surface area (Å²) < 4.78 is 0. The summed E-state index contributed by atoms with van der Waals surface area (Å²) in [6.45, 7) is 0.575. The zero-order valence-corrected chi connectivity index (χ0v) is 13.4. The minimum Gasteiger partial charge on any atom is -0.354 e. The molecule has 0 bridgehead atoms. The molecule has 0 fully saturated rings. The van der Waals surface area contributed by atoms with Gasteiger partial charge in [0.25, 0.3) is 0 Å². The molecular weight excluding hydrogens is 292 g/mol. The molecule has 1 unspecified atom stereocenters. The van der Waals surface area contributed by atoms with Gasteiger partial charge in [0.1, 0.15) is 0 Å². The second-order valence-corrected chi connectivity index (χ2v) is 6.02. The van der Waals surface area contributed by atoms with Gasteiger partial charge in [0.15, 0.2) is 0 Å². The highest BCUT2D eigenvalue weighted by atomic mass is 14.7. The minimum atomic E-state index is 0.164. The van der Waals surface area contributed by atoms with Crippen LogP contribution < -0.4 is 5.73 Å². The number of hydrogen-bond donors (Lipinski definition) is 2. The molecule has 0 amide bonds. The lowest BCUT2D eigenvalue weighted by Crippen LogP contribution is -2.14. The van der Waals surface area contributed by atoms with Crippen molar-refractivity contribution in [3.05, 3.63) is 96.1 Å². The second-order valence-electron chi connectivity index (χ2n) is 6.02. The lowest BCUT2D eigenvalue weighted by atomic mass is 9.87. The zero-order valence-electron chi connectivity index (χ0n) is 13.4. The number of para-hydroxylation sites is 1. The monoisotopic (exact) mass is 312 g/mol. The normalized spacial score (nSPS) is 12.4. The first kappa shape index (κ1) is 14.7. The van der Waals surface area contributed by atoms with Gasteiger partial charge >= 0.3 is 0 Å². The number of nitrogens with one attached hydrogen (secondary N) is 1. The highest BCUT2D eigenvalue weighted by Gasteiger charge is 2.21. The van der Waals surface area contributed by atoms with Crippen LogP contribution >= 0.6 is 0 Å². The largest absolute Gasteiger partial charge is 0.354 e. The molecule has 4 rings (SSSR count). The fraction of sp³-hybridized carbons (Fsp3) is 0.0909. The summed E-state index contributed by atoms with van der Waals surface area (Å²) in [5, 5.41) is 1.25. The number of fused-ring (bicyclic) bond motifs is 1. The molecule has 3 aromatic carbocycles. The van der Waals surface area contributed by atoms with E-state index in [1.54, 1.807) is 0 Å². The maximum atomic E-state index is 6.22. The molecule has 118 valence electrons. The predicted octanol–water partition coefficient (Wildman–Crippen LogP) is 4.93. The fourth-order valence-corrected chi connectivity index (χ4v) is 3.46. The van der Waals surface area contributed by atoms with Crippen molar-refractivity contribution in [2.75, 3.05) is 6.54 Å². The topological polar surface area (TPSA) is 41.8 Å². The van der Waals surface area contributed by atoms with E-state index in [0.717, 1.165) is 11.2 Å². The molecule has 0 aliphatic carbocycles. The Morgan fingerprint density at radius 1 is 0.750 bits per heavy atom. The van der Waals surface area contributed by atoms with Crippen molar-refractivity contribution < 1.29 is 0 Å². The summed E-state index contributed by atoms with van der Waals surface area (Å²) in [6, 6.07) is 29.5. The molecule has 0 aliphatic rings. The van der Waals surface area contributed by atoms with E-state index in [2.05, 4.69) is 77.8 Å². The molecule has 4 aromatic rings. The van der Waals surface area contributed by atoms with Crippen LogP contribution in [0.3, 0.4) is 0 Å². The van der Waals surface area contributed by atoms with Gasteiger partial charge < -0.3 is 10.7 Å². The summed E-state index contributed by atoms with van der Waals surface area (Å²) in [7, 11) is 0. The van der Waals surface area contributed by atoms with Gasteiger partial charge in [-0.3, -0.25) is 0 Å². The molecule has 0 spiro atoms. The van der Waals surface area contributed by atoms with Crippen LogP contribution in [0.1, 0.15) is 17.0 Å². The van der Waals surface area contributed by atoms with Crippen LogP contribution in [-0.2, 0) is 0 Å². The number of aromatic amines is 1. The van der Waals surface area contributed by atoms with E-state index < -0.39 is 0 Å². The van der Waals surface area contributed by atoms with Gasteiger partial charge in [0, 0.05) is 23.4 Å². The third kappa shape index (κ3) is 2.51. The molecule has 2 heteroatoms. The van der Waals surface area contributed by atoms with E-state index in [9.17, 15) is 0 Å². The maximum Gasteiger partial charge on any atom is 0.0504 e. The Kier molecular flexibility index (Phi) is 3.89. The predicted molar refractivity (Wildman–Crippen MR) is 101 cm³/mol. The first-order valence-corrected chi connectivity index (χ1v) is 8.29. The minimum absolute atomic E-state index is 0.164. The van der Waals surface area contributed by atoms with Gasteiger partial charge in [0.2, 0.25) is 0 Å². The quantitative estimate of drug-likeness (QED) is 0.551. The van der Waals surface area contributed by atoms with Crippen LogP contribution in [0.25, 0.3) is 22.2 Å². The highest BCUT2D eigenvalue weighted by molar-refractivity contribution is 5.92. The number of nitrogens with two attached hydrogens (primary N) is 1. The summed E-state index contributed by atoms with van der Waals surface area (Å²) in [5.41, 5.74) is 12.3. The van der Waals surface area contributed by atoms with E-state index in [0.29, 0.717) is 6.54 Å². The first-order chi connectivity index (χ1) is 11.9. The average molecular weight is 312 g/mol. The molecule has 1 atom stereocenters. The van der Waals surface area contributed by atoms with Gasteiger partial charge in [0.05, 0.1) is 5.69 Å². The van der Waals surface area contributed by atoms with E-state index in [1.165, 1.54) is 22.1 Å². The Balaban J connectivity index is 1.99. The SMILES string of the molecule is NCC(c1ccccc1)c1c(-c2ccccc2)[nH]c2ccccc12. The van der Waals surface area contributed by atoms with Crippen LogP contribution in [0.15, 0.2) is 84.9 Å². The van der Waals surface area contributed by atoms with Gasteiger partial charge in [-0.2, -0.15) is 0 Å². The van der Waals surface area contributed by atoms with Crippen LogP contribution in [0, 0.1) is 0 Å². The third-order valence-corrected chi connectivity index (χ3v) is 4.59. The van der Waals surface area contributed by atoms with Crippen molar-refractivity contribution in [2.24, 2.45) is 5.73 Å². The lowest BCUT2D eigenvalue weighted by Gasteiger charge is -2.17. The Hall–Kier alpha value is -2.84. The zero-order chi connectivity index (χ0) is 16.4. The van der Waals surface area contributed by atoms with E-state index in [1.807, 2.05) is 12.1 Å². The molecule has 24 heavy (non-hydrogen) atoms. The van der Waals surface area contributed by atoms with Crippen LogP contribution in [-0.4, -0.2) is 11.5 Å². The molecule has 3 N–H and O–H groups in total. The third-order valence-electron chi connectivity index (χ3n) is 4.59. The van der Waals surface area contributed by atoms with Gasteiger partial charge in [-0.05, 0) is 22.8 Å². The van der Waals surface area contributed by atoms with Gasteiger partial charge in [-0.25, -0.2) is 0 Å². The van der Waals surface area contributed by atoms with Crippen LogP contribution in [0.4, 0.5) is 0 Å². The van der Waals surface area contributed by atoms with Gasteiger partial charge in [-0.15, -0.1) is 0 Å². The lowest BCUT2D eigenvalue weighted by molar-refractivity contribution is 0.827. The second kappa shape index (κ2) is 6.34. The van der Waals surface area contributed by atoms with E-state index in [4.69, 9.17) is 5.73 Å². The smallest absolute Gasteiger partial charge is 0.0504 e. The summed E-state index contributed by atoms with van der Waals surface area (Å²) >= 11 is 0. The van der Waals surface area contributed by atoms with Crippen molar-refractivity contribution in [1.29, 1.82) is 0 Å². The Labute approximate surface area is 142 Å². The summed E-state index contributed by atoms with van der Waals surface area (Å²) in [6.07, 6.45) is 0. The van der Waals surface area contributed by atoms with Crippen LogP contribution in [0.5, 0.6) is 0 Å². The number of hydrogen-bond acceptors (Lipinski definition) is 1. The van der Waals surface area contributed by atoms with Gasteiger partial charge in [-0.1, -0.05) is 78.9 Å². The Morgan fingerprint density at radius 2 is 1.38 bits per heavy atom. The first-order valence-electron chi connectivity index (χ1n) is 8.29. The molecule has 0 saturated carbocycles. The Morgan fingerprint density at radius 3 is 2.08 bits per heavy atom. The molecule has 0 radical (unpaired) electrons. The Bertz CT molecular complexity index is 940. The number of benzene rings is 3. The maximum absolute atomic E-state index is 6.22. The summed E-state index contributed by atoms with van der Waals surface area (Å²) in [5.74, 6) is 0.164. The van der Waals surface area contributed by atoms with Crippen molar-refractivity contribution in [2.45, 2.75) is 5.92 Å². The fourth-order valence-electron chi connectivity index (χ4n) is 3.46. The number of aromatic nitrogens is 1. The molecule has 2 nitrogen and oxygen atoms in total. The van der Waals surface area contributed by atoms with Crippen molar-refractivity contribution in [3.8, 4) is 11.3 Å².